The molecule has 0 saturated carbocycles. The molecule has 12 heavy (non-hydrogen) atoms. The van der Waals surface area contributed by atoms with Crippen LogP contribution in [0.1, 0.15) is 19.3 Å². The third-order valence-corrected chi connectivity index (χ3v) is 2.19. The van der Waals surface area contributed by atoms with E-state index in [9.17, 15) is 18.0 Å². The van der Waals surface area contributed by atoms with Gasteiger partial charge in [0.2, 0.25) is 10.3 Å². The van der Waals surface area contributed by atoms with Gasteiger partial charge in [-0.1, -0.05) is 0 Å². The van der Waals surface area contributed by atoms with Crippen LogP contribution in [0, 0.1) is 0 Å². The summed E-state index contributed by atoms with van der Waals surface area (Å²) in [6.07, 6.45) is 0.515. The number of carbonyl (C=O) groups is 2. The highest BCUT2D eigenvalue weighted by Gasteiger charge is 2.22. The van der Waals surface area contributed by atoms with E-state index in [1.165, 1.54) is 0 Å². The first kappa shape index (κ1) is 8.92. The number of cyclic esters (lactones) is 2. The van der Waals surface area contributed by atoms with Crippen LogP contribution >= 0.6 is 0 Å². The minimum atomic E-state index is -2.57. The molecule has 6 heteroatoms. The molecule has 1 aliphatic heterocycles. The lowest BCUT2D eigenvalue weighted by Crippen LogP contribution is -2.17. The Hall–Kier alpha value is -1.17. The van der Waals surface area contributed by atoms with Gasteiger partial charge < -0.3 is 4.74 Å². The molecule has 0 atom stereocenters. The predicted octanol–water partition coefficient (Wildman–Crippen LogP) is -0.708. The van der Waals surface area contributed by atoms with E-state index in [0.29, 0.717) is 6.42 Å². The van der Waals surface area contributed by atoms with Crippen molar-refractivity contribution in [1.29, 1.82) is 0 Å². The van der Waals surface area contributed by atoms with Gasteiger partial charge in [0.1, 0.15) is 0 Å². The Balaban J connectivity index is 3.01. The SMILES string of the molecule is O=C1CCCC(=S(=O)=O)C(=O)O1. The first-order chi connectivity index (χ1) is 5.61. The van der Waals surface area contributed by atoms with Gasteiger partial charge in [-0.05, 0) is 12.8 Å². The van der Waals surface area contributed by atoms with Crippen molar-refractivity contribution in [1.82, 2.24) is 0 Å². The highest BCUT2D eigenvalue weighted by atomic mass is 32.2. The zero-order chi connectivity index (χ0) is 9.14. The Kier molecular flexibility index (Phi) is 2.59. The fourth-order valence-electron chi connectivity index (χ4n) is 0.858. The normalized spacial score (nSPS) is 18.5. The van der Waals surface area contributed by atoms with Crippen LogP contribution in [0.25, 0.3) is 0 Å². The van der Waals surface area contributed by atoms with Gasteiger partial charge >= 0.3 is 11.9 Å². The number of hydrogen-bond acceptors (Lipinski definition) is 5. The summed E-state index contributed by atoms with van der Waals surface area (Å²) in [5, 5.41) is 0. The molecular formula is C6H6O5S. The summed E-state index contributed by atoms with van der Waals surface area (Å²) in [5.41, 5.74) is 0. The quantitative estimate of drug-likeness (QED) is 0.286. The van der Waals surface area contributed by atoms with Crippen LogP contribution in [-0.4, -0.2) is 25.2 Å². The molecule has 0 aromatic rings. The van der Waals surface area contributed by atoms with Crippen molar-refractivity contribution in [3.63, 3.8) is 0 Å². The Morgan fingerprint density at radius 3 is 2.42 bits per heavy atom. The van der Waals surface area contributed by atoms with Gasteiger partial charge in [-0.2, -0.15) is 8.42 Å². The third-order valence-electron chi connectivity index (χ3n) is 1.42. The molecule has 1 rings (SSSR count). The molecule has 0 spiro atoms. The van der Waals surface area contributed by atoms with Crippen LogP contribution in [-0.2, 0) is 24.6 Å². The Bertz CT molecular complexity index is 342. The van der Waals surface area contributed by atoms with Crippen LogP contribution in [0.15, 0.2) is 0 Å². The molecule has 0 aromatic carbocycles. The second kappa shape index (κ2) is 3.48. The van der Waals surface area contributed by atoms with Crippen LogP contribution in [0.4, 0.5) is 0 Å². The molecule has 1 heterocycles. The third kappa shape index (κ3) is 1.91. The zero-order valence-corrected chi connectivity index (χ0v) is 6.89. The Labute approximate surface area is 69.9 Å². The summed E-state index contributed by atoms with van der Waals surface area (Å²) in [6, 6.07) is 0. The van der Waals surface area contributed by atoms with Crippen molar-refractivity contribution in [2.45, 2.75) is 19.3 Å². The molecule has 0 N–H and O–H groups in total. The summed E-state index contributed by atoms with van der Waals surface area (Å²) < 4.78 is 24.9. The van der Waals surface area contributed by atoms with E-state index in [1.807, 2.05) is 0 Å². The maximum atomic E-state index is 10.8. The van der Waals surface area contributed by atoms with Crippen molar-refractivity contribution >= 4 is 27.1 Å². The molecule has 0 unspecified atom stereocenters. The van der Waals surface area contributed by atoms with Crippen LogP contribution in [0.2, 0.25) is 0 Å². The van der Waals surface area contributed by atoms with E-state index >= 15 is 0 Å². The lowest BCUT2D eigenvalue weighted by Gasteiger charge is -1.93. The summed E-state index contributed by atoms with van der Waals surface area (Å²) in [4.78, 5) is 21.1. The molecule has 0 aliphatic carbocycles. The first-order valence-corrected chi connectivity index (χ1v) is 4.39. The van der Waals surface area contributed by atoms with Gasteiger partial charge in [0.15, 0.2) is 4.86 Å². The minimum absolute atomic E-state index is 0.0840. The summed E-state index contributed by atoms with van der Waals surface area (Å²) in [5.74, 6) is -1.70. The molecule has 0 bridgehead atoms. The van der Waals surface area contributed by atoms with E-state index in [0.717, 1.165) is 0 Å². The maximum Gasteiger partial charge on any atom is 0.357 e. The molecule has 0 amide bonds. The van der Waals surface area contributed by atoms with Crippen molar-refractivity contribution < 1.29 is 22.7 Å². The van der Waals surface area contributed by atoms with E-state index < -0.39 is 22.2 Å². The van der Waals surface area contributed by atoms with Crippen LogP contribution in [0.5, 0.6) is 0 Å². The smallest absolute Gasteiger partial charge is 0.357 e. The average Bonchev–Trinajstić information content (AvgIpc) is 2.10. The van der Waals surface area contributed by atoms with Gasteiger partial charge in [0.05, 0.1) is 0 Å². The van der Waals surface area contributed by atoms with E-state index in [1.54, 1.807) is 0 Å². The predicted molar refractivity (Wildman–Crippen MR) is 38.9 cm³/mol. The van der Waals surface area contributed by atoms with E-state index in [4.69, 9.17) is 0 Å². The Morgan fingerprint density at radius 1 is 1.17 bits per heavy atom. The highest BCUT2D eigenvalue weighted by molar-refractivity contribution is 7.74. The second-order valence-corrected chi connectivity index (χ2v) is 3.24. The highest BCUT2D eigenvalue weighted by Crippen LogP contribution is 2.06. The molecular weight excluding hydrogens is 184 g/mol. The Morgan fingerprint density at radius 2 is 1.83 bits per heavy atom. The van der Waals surface area contributed by atoms with Crippen molar-refractivity contribution in [2.75, 3.05) is 0 Å². The topological polar surface area (TPSA) is 77.5 Å². The maximum absolute atomic E-state index is 10.8. The number of hydrogen-bond donors (Lipinski definition) is 0. The van der Waals surface area contributed by atoms with Crippen molar-refractivity contribution in [3.05, 3.63) is 0 Å². The monoisotopic (exact) mass is 190 g/mol. The number of carbonyl (C=O) groups excluding carboxylic acids is 2. The zero-order valence-electron chi connectivity index (χ0n) is 6.07. The summed E-state index contributed by atoms with van der Waals surface area (Å²) in [6.45, 7) is 0. The van der Waals surface area contributed by atoms with Crippen molar-refractivity contribution in [2.24, 2.45) is 0 Å². The van der Waals surface area contributed by atoms with Gasteiger partial charge in [-0.25, -0.2) is 4.79 Å². The number of rotatable bonds is 0. The average molecular weight is 190 g/mol. The fraction of sp³-hybridized carbons (Fsp3) is 0.500. The lowest BCUT2D eigenvalue weighted by atomic mass is 10.2. The largest absolute Gasteiger partial charge is 0.389 e. The number of ether oxygens (including phenoxy) is 1. The van der Waals surface area contributed by atoms with Gasteiger partial charge in [-0.3, -0.25) is 4.79 Å². The molecule has 5 nitrogen and oxygen atoms in total. The molecule has 0 aromatic heterocycles. The fourth-order valence-corrected chi connectivity index (χ4v) is 1.35. The van der Waals surface area contributed by atoms with Crippen LogP contribution < -0.4 is 0 Å². The molecule has 0 radical (unpaired) electrons. The minimum Gasteiger partial charge on any atom is -0.389 e. The van der Waals surface area contributed by atoms with E-state index in [-0.39, 0.29) is 17.7 Å². The first-order valence-electron chi connectivity index (χ1n) is 3.31. The van der Waals surface area contributed by atoms with Gasteiger partial charge in [0, 0.05) is 6.42 Å². The van der Waals surface area contributed by atoms with Gasteiger partial charge in [-0.15, -0.1) is 0 Å². The molecule has 1 saturated heterocycles. The van der Waals surface area contributed by atoms with Crippen molar-refractivity contribution in [3.8, 4) is 0 Å². The summed E-state index contributed by atoms with van der Waals surface area (Å²) >= 11 is 0. The van der Waals surface area contributed by atoms with E-state index in [2.05, 4.69) is 4.74 Å². The molecule has 1 fully saturated rings. The summed E-state index contributed by atoms with van der Waals surface area (Å²) in [7, 11) is -2.57. The van der Waals surface area contributed by atoms with Gasteiger partial charge in [0.25, 0.3) is 0 Å². The number of esters is 2. The second-order valence-electron chi connectivity index (χ2n) is 2.27. The molecule has 66 valence electrons. The standard InChI is InChI=1S/C6H6O5S/c7-5-3-1-2-4(12(9)10)6(8)11-5/h1-3H2. The lowest BCUT2D eigenvalue weighted by molar-refractivity contribution is -0.154. The van der Waals surface area contributed by atoms with Crippen LogP contribution in [0.3, 0.4) is 0 Å². The molecule has 1 aliphatic rings.